The van der Waals surface area contributed by atoms with Crippen LogP contribution in [0, 0.1) is 5.41 Å². The molecule has 7 nitrogen and oxygen atoms in total. The van der Waals surface area contributed by atoms with Crippen molar-refractivity contribution in [1.29, 1.82) is 5.41 Å². The lowest BCUT2D eigenvalue weighted by molar-refractivity contribution is -0.123. The number of nitrogens with zero attached hydrogens (tertiary/aromatic N) is 1. The Hall–Kier alpha value is -3.71. The van der Waals surface area contributed by atoms with E-state index in [1.165, 1.54) is 0 Å². The zero-order chi connectivity index (χ0) is 20.5. The van der Waals surface area contributed by atoms with Crippen LogP contribution in [0.15, 0.2) is 60.3 Å². The maximum Gasteiger partial charge on any atom is 0.261 e. The quantitative estimate of drug-likeness (QED) is 0.293. The van der Waals surface area contributed by atoms with Crippen molar-refractivity contribution in [2.24, 2.45) is 0 Å². The Morgan fingerprint density at radius 2 is 1.79 bits per heavy atom. The number of carbonyl (C=O) groups excluding carboxylic acids is 2. The van der Waals surface area contributed by atoms with Gasteiger partial charge in [0.15, 0.2) is 0 Å². The Kier molecular flexibility index (Phi) is 4.74. The summed E-state index contributed by atoms with van der Waals surface area (Å²) in [6.07, 6.45) is 2.36. The highest BCUT2D eigenvalue weighted by molar-refractivity contribution is 6.47. The van der Waals surface area contributed by atoms with Gasteiger partial charge in [-0.3, -0.25) is 20.3 Å². The number of anilines is 1. The molecule has 0 saturated carbocycles. The molecule has 0 atom stereocenters. The van der Waals surface area contributed by atoms with E-state index in [4.69, 9.17) is 11.1 Å². The average molecular weight is 388 g/mol. The number of imide groups is 1. The molecule has 2 amide bonds. The van der Waals surface area contributed by atoms with E-state index in [9.17, 15) is 14.7 Å². The van der Waals surface area contributed by atoms with E-state index in [1.807, 2.05) is 28.8 Å². The summed E-state index contributed by atoms with van der Waals surface area (Å²) in [4.78, 5) is 25.3. The zero-order valence-electron chi connectivity index (χ0n) is 15.6. The predicted octanol–water partition coefficient (Wildman–Crippen LogP) is 2.08. The van der Waals surface area contributed by atoms with Gasteiger partial charge in [0.25, 0.3) is 11.8 Å². The third-order valence-electron chi connectivity index (χ3n) is 5.03. The molecule has 0 bridgehead atoms. The van der Waals surface area contributed by atoms with Crippen LogP contribution in [0.2, 0.25) is 0 Å². The second-order valence-electron chi connectivity index (χ2n) is 6.83. The zero-order valence-corrected chi connectivity index (χ0v) is 15.6. The van der Waals surface area contributed by atoms with Crippen molar-refractivity contribution >= 4 is 39.7 Å². The Labute approximate surface area is 167 Å². The summed E-state index contributed by atoms with van der Waals surface area (Å²) in [6.45, 7) is 0.616. The van der Waals surface area contributed by atoms with Crippen LogP contribution in [-0.2, 0) is 16.1 Å². The van der Waals surface area contributed by atoms with Gasteiger partial charge in [-0.05, 0) is 18.6 Å². The van der Waals surface area contributed by atoms with Crippen molar-refractivity contribution in [3.63, 3.8) is 0 Å². The number of aliphatic hydroxyl groups is 1. The number of aromatic nitrogens is 1. The van der Waals surface area contributed by atoms with E-state index in [0.29, 0.717) is 29.8 Å². The first kappa shape index (κ1) is 18.6. The van der Waals surface area contributed by atoms with Crippen LogP contribution in [0.1, 0.15) is 17.5 Å². The number of para-hydroxylation sites is 2. The number of carbonyl (C=O) groups is 2. The Balaban J connectivity index is 1.94. The fourth-order valence-corrected chi connectivity index (χ4v) is 3.68. The number of rotatable bonds is 6. The highest BCUT2D eigenvalue weighted by atomic mass is 16.3. The predicted molar refractivity (Wildman–Crippen MR) is 111 cm³/mol. The van der Waals surface area contributed by atoms with Gasteiger partial charge in [-0.2, -0.15) is 0 Å². The minimum atomic E-state index is -0.606. The lowest BCUT2D eigenvalue weighted by Gasteiger charge is -2.08. The summed E-state index contributed by atoms with van der Waals surface area (Å²) in [7, 11) is 0. The molecule has 0 fully saturated rings. The molecular formula is C22H20N4O3. The van der Waals surface area contributed by atoms with Crippen LogP contribution >= 0.6 is 0 Å². The number of aliphatic hydroxyl groups excluding tert-OH is 1. The van der Waals surface area contributed by atoms with Crippen LogP contribution in [0.5, 0.6) is 0 Å². The molecule has 0 unspecified atom stereocenters. The van der Waals surface area contributed by atoms with Crippen LogP contribution in [0.3, 0.4) is 0 Å². The molecule has 0 aliphatic carbocycles. The summed E-state index contributed by atoms with van der Waals surface area (Å²) < 4.78 is 1.95. The van der Waals surface area contributed by atoms with Crippen molar-refractivity contribution in [2.45, 2.75) is 13.0 Å². The standard InChI is InChI=1S/C22H20N4O3/c23-16-8-3-1-7-14(16)20(24)19-18(21(28)25-22(19)29)15-12-26(10-5-11-27)17-9-4-2-6-13(15)17/h1-4,6-9,12,24,27H,5,10-11,23H2,(H,25,28,29). The third kappa shape index (κ3) is 3.11. The molecule has 2 aromatic carbocycles. The first-order valence-electron chi connectivity index (χ1n) is 9.25. The molecule has 146 valence electrons. The van der Waals surface area contributed by atoms with E-state index in [-0.39, 0.29) is 23.5 Å². The summed E-state index contributed by atoms with van der Waals surface area (Å²) >= 11 is 0. The van der Waals surface area contributed by atoms with E-state index < -0.39 is 11.8 Å². The molecule has 5 N–H and O–H groups in total. The van der Waals surface area contributed by atoms with Gasteiger partial charge in [0.05, 0.1) is 16.9 Å². The number of aryl methyl sites for hydroxylation is 1. The molecule has 1 aliphatic heterocycles. The van der Waals surface area contributed by atoms with Gasteiger partial charge in [-0.25, -0.2) is 0 Å². The number of benzene rings is 2. The fourth-order valence-electron chi connectivity index (χ4n) is 3.68. The van der Waals surface area contributed by atoms with Gasteiger partial charge < -0.3 is 15.4 Å². The molecule has 1 aliphatic rings. The van der Waals surface area contributed by atoms with Crippen LogP contribution in [-0.4, -0.2) is 33.8 Å². The maximum absolute atomic E-state index is 12.7. The minimum Gasteiger partial charge on any atom is -0.398 e. The fraction of sp³-hybridized carbons (Fsp3) is 0.136. The topological polar surface area (TPSA) is 121 Å². The number of hydrogen-bond donors (Lipinski definition) is 4. The molecule has 4 rings (SSSR count). The monoisotopic (exact) mass is 388 g/mol. The van der Waals surface area contributed by atoms with E-state index in [1.54, 1.807) is 30.5 Å². The summed E-state index contributed by atoms with van der Waals surface area (Å²) in [5, 5.41) is 20.9. The van der Waals surface area contributed by atoms with Crippen LogP contribution < -0.4 is 11.1 Å². The molecule has 2 heterocycles. The number of nitrogen functional groups attached to an aromatic ring is 1. The van der Waals surface area contributed by atoms with Crippen LogP contribution in [0.25, 0.3) is 16.5 Å². The highest BCUT2D eigenvalue weighted by Crippen LogP contribution is 2.34. The van der Waals surface area contributed by atoms with Crippen LogP contribution in [0.4, 0.5) is 5.69 Å². The normalized spacial score (nSPS) is 14.0. The lowest BCUT2D eigenvalue weighted by atomic mass is 9.94. The van der Waals surface area contributed by atoms with Crippen molar-refractivity contribution in [3.8, 4) is 0 Å². The average Bonchev–Trinajstić information content (AvgIpc) is 3.22. The van der Waals surface area contributed by atoms with E-state index >= 15 is 0 Å². The second kappa shape index (κ2) is 7.37. The maximum atomic E-state index is 12.7. The number of nitrogens with one attached hydrogen (secondary N) is 2. The Morgan fingerprint density at radius 3 is 2.55 bits per heavy atom. The van der Waals surface area contributed by atoms with E-state index in [0.717, 1.165) is 10.9 Å². The van der Waals surface area contributed by atoms with E-state index in [2.05, 4.69) is 5.32 Å². The molecular weight excluding hydrogens is 368 g/mol. The van der Waals surface area contributed by atoms with Crippen molar-refractivity contribution in [1.82, 2.24) is 9.88 Å². The highest BCUT2D eigenvalue weighted by Gasteiger charge is 2.36. The number of fused-ring (bicyclic) bond motifs is 1. The number of amides is 2. The third-order valence-corrected chi connectivity index (χ3v) is 5.03. The minimum absolute atomic E-state index is 0.0120. The molecule has 29 heavy (non-hydrogen) atoms. The first-order valence-corrected chi connectivity index (χ1v) is 9.25. The largest absolute Gasteiger partial charge is 0.398 e. The number of hydrogen-bond acceptors (Lipinski definition) is 5. The summed E-state index contributed by atoms with van der Waals surface area (Å²) in [5.41, 5.74) is 8.32. The molecule has 0 radical (unpaired) electrons. The van der Waals surface area contributed by atoms with Gasteiger partial charge in [0.2, 0.25) is 0 Å². The van der Waals surface area contributed by atoms with Gasteiger partial charge in [-0.1, -0.05) is 36.4 Å². The molecule has 0 saturated heterocycles. The van der Waals surface area contributed by atoms with Gasteiger partial charge in [0, 0.05) is 47.1 Å². The van der Waals surface area contributed by atoms with Crippen molar-refractivity contribution < 1.29 is 14.7 Å². The van der Waals surface area contributed by atoms with Gasteiger partial charge in [-0.15, -0.1) is 0 Å². The molecule has 0 spiro atoms. The lowest BCUT2D eigenvalue weighted by Crippen LogP contribution is -2.25. The SMILES string of the molecule is N=C(C1=C(c2cn(CCCO)c3ccccc23)C(=O)NC1=O)c1ccccc1N. The van der Waals surface area contributed by atoms with Gasteiger partial charge >= 0.3 is 0 Å². The smallest absolute Gasteiger partial charge is 0.261 e. The summed E-state index contributed by atoms with van der Waals surface area (Å²) in [5.74, 6) is -1.14. The number of nitrogens with two attached hydrogens (primary N) is 1. The van der Waals surface area contributed by atoms with Gasteiger partial charge in [0.1, 0.15) is 0 Å². The second-order valence-corrected chi connectivity index (χ2v) is 6.83. The molecule has 1 aromatic heterocycles. The molecule has 7 heteroatoms. The first-order chi connectivity index (χ1) is 14.0. The summed E-state index contributed by atoms with van der Waals surface area (Å²) in [6, 6.07) is 14.3. The molecule has 3 aromatic rings. The Bertz CT molecular complexity index is 1190. The van der Waals surface area contributed by atoms with Crippen molar-refractivity contribution in [3.05, 3.63) is 71.4 Å². The van der Waals surface area contributed by atoms with Crippen molar-refractivity contribution in [2.75, 3.05) is 12.3 Å². The Morgan fingerprint density at radius 1 is 1.07 bits per heavy atom.